The van der Waals surface area contributed by atoms with E-state index in [1.807, 2.05) is 101 Å². The van der Waals surface area contributed by atoms with Crippen LogP contribution < -0.4 is 9.62 Å². The number of aryl methyl sites for hydroxylation is 2. The van der Waals surface area contributed by atoms with Crippen molar-refractivity contribution in [1.29, 1.82) is 0 Å². The maximum absolute atomic E-state index is 14.4. The molecule has 226 valence electrons. The molecule has 0 bridgehead atoms. The molecule has 0 aliphatic heterocycles. The summed E-state index contributed by atoms with van der Waals surface area (Å²) in [5.41, 5.74) is 3.13. The fourth-order valence-corrected chi connectivity index (χ4v) is 5.86. The Kier molecular flexibility index (Phi) is 11.0. The Morgan fingerprint density at radius 1 is 0.905 bits per heavy atom. The van der Waals surface area contributed by atoms with E-state index < -0.39 is 34.2 Å². The molecule has 0 aliphatic rings. The standard InChI is InChI=1S/C32H41BrN4O4S/c1-23-13-14-24(2)28(19-23)37(42(40,41)35(6)7)22-30(38)36(21-26-15-17-27(33)18-16-26)29(31(39)34-32(3,4)5)20-25-11-9-8-10-12-25/h8-19,29H,20-22H2,1-7H3,(H,34,39)/t29-/m0/s1. The van der Waals surface area contributed by atoms with Gasteiger partial charge in [-0.15, -0.1) is 0 Å². The van der Waals surface area contributed by atoms with Gasteiger partial charge in [-0.2, -0.15) is 12.7 Å². The summed E-state index contributed by atoms with van der Waals surface area (Å²) in [6, 6.07) is 21.6. The quantitative estimate of drug-likeness (QED) is 0.306. The van der Waals surface area contributed by atoms with Gasteiger partial charge in [0.05, 0.1) is 5.69 Å². The summed E-state index contributed by atoms with van der Waals surface area (Å²) < 4.78 is 30.4. The number of carbonyl (C=O) groups is 2. The summed E-state index contributed by atoms with van der Waals surface area (Å²) in [4.78, 5) is 29.7. The molecule has 0 saturated heterocycles. The molecule has 0 fully saturated rings. The normalized spacial score (nSPS) is 12.6. The summed E-state index contributed by atoms with van der Waals surface area (Å²) in [5.74, 6) is -0.806. The third-order valence-electron chi connectivity index (χ3n) is 6.69. The maximum Gasteiger partial charge on any atom is 0.304 e. The van der Waals surface area contributed by atoms with Crippen molar-refractivity contribution in [3.63, 3.8) is 0 Å². The maximum atomic E-state index is 14.4. The van der Waals surface area contributed by atoms with E-state index in [-0.39, 0.29) is 18.9 Å². The average molecular weight is 658 g/mol. The number of halogens is 1. The van der Waals surface area contributed by atoms with E-state index in [0.717, 1.165) is 29.8 Å². The Hall–Kier alpha value is -3.21. The van der Waals surface area contributed by atoms with Gasteiger partial charge < -0.3 is 10.2 Å². The van der Waals surface area contributed by atoms with Crippen LogP contribution in [-0.2, 0) is 32.8 Å². The van der Waals surface area contributed by atoms with E-state index in [1.165, 1.54) is 19.0 Å². The van der Waals surface area contributed by atoms with Crippen LogP contribution in [0.15, 0.2) is 77.3 Å². The zero-order valence-corrected chi connectivity index (χ0v) is 27.8. The zero-order valence-electron chi connectivity index (χ0n) is 25.4. The number of amides is 2. The molecule has 3 rings (SSSR count). The van der Waals surface area contributed by atoms with Crippen LogP contribution >= 0.6 is 15.9 Å². The molecule has 42 heavy (non-hydrogen) atoms. The first-order valence-corrected chi connectivity index (χ1v) is 15.9. The van der Waals surface area contributed by atoms with Crippen LogP contribution in [0, 0.1) is 13.8 Å². The van der Waals surface area contributed by atoms with Gasteiger partial charge in [0, 0.05) is 37.1 Å². The molecule has 0 heterocycles. The number of nitrogens with zero attached hydrogens (tertiary/aromatic N) is 3. The van der Waals surface area contributed by atoms with Crippen molar-refractivity contribution in [3.05, 3.63) is 99.5 Å². The number of benzene rings is 3. The van der Waals surface area contributed by atoms with E-state index in [9.17, 15) is 18.0 Å². The van der Waals surface area contributed by atoms with Crippen LogP contribution in [0.5, 0.6) is 0 Å². The molecule has 0 unspecified atom stereocenters. The van der Waals surface area contributed by atoms with Crippen LogP contribution in [0.1, 0.15) is 43.0 Å². The first-order chi connectivity index (χ1) is 19.6. The topological polar surface area (TPSA) is 90.0 Å². The predicted octanol–water partition coefficient (Wildman–Crippen LogP) is 5.23. The lowest BCUT2D eigenvalue weighted by atomic mass is 10.0. The third kappa shape index (κ3) is 8.89. The van der Waals surface area contributed by atoms with Gasteiger partial charge in [0.25, 0.3) is 0 Å². The van der Waals surface area contributed by atoms with Gasteiger partial charge >= 0.3 is 10.2 Å². The molecule has 0 aliphatic carbocycles. The minimum atomic E-state index is -4.06. The number of carbonyl (C=O) groups excluding carboxylic acids is 2. The van der Waals surface area contributed by atoms with Crippen molar-refractivity contribution < 1.29 is 18.0 Å². The monoisotopic (exact) mass is 656 g/mol. The Bertz CT molecular complexity index is 1490. The van der Waals surface area contributed by atoms with Crippen molar-refractivity contribution in [3.8, 4) is 0 Å². The lowest BCUT2D eigenvalue weighted by Gasteiger charge is -2.36. The number of nitrogens with one attached hydrogen (secondary N) is 1. The number of hydrogen-bond acceptors (Lipinski definition) is 4. The van der Waals surface area contributed by atoms with Crippen molar-refractivity contribution in [2.45, 2.75) is 59.2 Å². The second kappa shape index (κ2) is 13.8. The van der Waals surface area contributed by atoms with Crippen LogP contribution in [0.4, 0.5) is 5.69 Å². The number of rotatable bonds is 11. The molecule has 0 aromatic heterocycles. The van der Waals surface area contributed by atoms with Gasteiger partial charge in [-0.05, 0) is 75.1 Å². The van der Waals surface area contributed by atoms with Gasteiger partial charge in [0.2, 0.25) is 11.8 Å². The molecule has 0 saturated carbocycles. The lowest BCUT2D eigenvalue weighted by Crippen LogP contribution is -2.56. The summed E-state index contributed by atoms with van der Waals surface area (Å²) in [5, 5.41) is 3.04. The second-order valence-electron chi connectivity index (χ2n) is 11.7. The molecular formula is C32H41BrN4O4S. The fraction of sp³-hybridized carbons (Fsp3) is 0.375. The molecule has 10 heteroatoms. The van der Waals surface area contributed by atoms with E-state index in [1.54, 1.807) is 6.07 Å². The Balaban J connectivity index is 2.14. The molecule has 1 N–H and O–H groups in total. The first-order valence-electron chi connectivity index (χ1n) is 13.8. The highest BCUT2D eigenvalue weighted by molar-refractivity contribution is 9.10. The van der Waals surface area contributed by atoms with Gasteiger partial charge in [-0.25, -0.2) is 4.31 Å². The largest absolute Gasteiger partial charge is 0.350 e. The molecule has 8 nitrogen and oxygen atoms in total. The smallest absolute Gasteiger partial charge is 0.304 e. The average Bonchev–Trinajstić information content (AvgIpc) is 2.91. The molecular weight excluding hydrogens is 616 g/mol. The van der Waals surface area contributed by atoms with Crippen LogP contribution in [0.3, 0.4) is 0 Å². The fourth-order valence-electron chi connectivity index (χ4n) is 4.48. The highest BCUT2D eigenvalue weighted by Gasteiger charge is 2.36. The molecule has 3 aromatic rings. The van der Waals surface area contributed by atoms with Crippen molar-refractivity contribution >= 4 is 43.6 Å². The van der Waals surface area contributed by atoms with Crippen molar-refractivity contribution in [2.75, 3.05) is 24.9 Å². The summed E-state index contributed by atoms with van der Waals surface area (Å²) in [7, 11) is -1.19. The third-order valence-corrected chi connectivity index (χ3v) is 9.02. The van der Waals surface area contributed by atoms with Crippen molar-refractivity contribution in [1.82, 2.24) is 14.5 Å². The Morgan fingerprint density at radius 3 is 2.10 bits per heavy atom. The molecule has 0 radical (unpaired) electrons. The molecule has 1 atom stereocenters. The van der Waals surface area contributed by atoms with E-state index in [2.05, 4.69) is 21.2 Å². The number of anilines is 1. The highest BCUT2D eigenvalue weighted by atomic mass is 79.9. The van der Waals surface area contributed by atoms with Gasteiger partial charge in [0.1, 0.15) is 12.6 Å². The SMILES string of the molecule is Cc1ccc(C)c(N(CC(=O)N(Cc2ccc(Br)cc2)[C@@H](Cc2ccccc2)C(=O)NC(C)(C)C)S(=O)(=O)N(C)C)c1. The Labute approximate surface area is 259 Å². The predicted molar refractivity (Wildman–Crippen MR) is 172 cm³/mol. The lowest BCUT2D eigenvalue weighted by molar-refractivity contribution is -0.140. The molecule has 0 spiro atoms. The zero-order chi connectivity index (χ0) is 31.2. The van der Waals surface area contributed by atoms with Crippen LogP contribution in [-0.4, -0.2) is 61.7 Å². The highest BCUT2D eigenvalue weighted by Crippen LogP contribution is 2.26. The van der Waals surface area contributed by atoms with Crippen LogP contribution in [0.2, 0.25) is 0 Å². The van der Waals surface area contributed by atoms with Gasteiger partial charge in [-0.3, -0.25) is 9.59 Å². The molecule has 2 amide bonds. The van der Waals surface area contributed by atoms with Crippen LogP contribution in [0.25, 0.3) is 0 Å². The minimum absolute atomic E-state index is 0.115. The van der Waals surface area contributed by atoms with E-state index in [0.29, 0.717) is 11.3 Å². The first kappa shape index (κ1) is 33.3. The van der Waals surface area contributed by atoms with E-state index >= 15 is 0 Å². The Morgan fingerprint density at radius 2 is 1.52 bits per heavy atom. The second-order valence-corrected chi connectivity index (χ2v) is 14.7. The molecule has 3 aromatic carbocycles. The van der Waals surface area contributed by atoms with Gasteiger partial charge in [0.15, 0.2) is 0 Å². The summed E-state index contributed by atoms with van der Waals surface area (Å²) in [6.45, 7) is 8.98. The van der Waals surface area contributed by atoms with Crippen molar-refractivity contribution in [2.24, 2.45) is 0 Å². The van der Waals surface area contributed by atoms with E-state index in [4.69, 9.17) is 0 Å². The minimum Gasteiger partial charge on any atom is -0.350 e. The summed E-state index contributed by atoms with van der Waals surface area (Å²) >= 11 is 3.45. The number of hydrogen-bond donors (Lipinski definition) is 1. The van der Waals surface area contributed by atoms with Gasteiger partial charge in [-0.1, -0.05) is 70.5 Å². The summed E-state index contributed by atoms with van der Waals surface area (Å²) in [6.07, 6.45) is 0.259.